The van der Waals surface area contributed by atoms with Crippen molar-refractivity contribution in [1.82, 2.24) is 15.0 Å². The molecule has 1 aromatic carbocycles. The maximum atomic E-state index is 4.62. The van der Waals surface area contributed by atoms with Crippen molar-refractivity contribution in [3.63, 3.8) is 0 Å². The van der Waals surface area contributed by atoms with E-state index in [0.717, 1.165) is 28.4 Å². The monoisotopic (exact) mass is 310 g/mol. The second-order valence-electron chi connectivity index (χ2n) is 5.44. The summed E-state index contributed by atoms with van der Waals surface area (Å²) in [5, 5.41) is 3.27. The normalized spacial score (nSPS) is 10.9. The summed E-state index contributed by atoms with van der Waals surface area (Å²) in [7, 11) is 0. The van der Waals surface area contributed by atoms with Crippen molar-refractivity contribution in [2.24, 2.45) is 5.92 Å². The van der Waals surface area contributed by atoms with Crippen LogP contribution in [-0.2, 0) is 0 Å². The van der Waals surface area contributed by atoms with Crippen LogP contribution in [0.4, 0.5) is 5.95 Å². The first-order chi connectivity index (χ1) is 10.7. The van der Waals surface area contributed by atoms with Crippen LogP contribution in [0.3, 0.4) is 0 Å². The van der Waals surface area contributed by atoms with Crippen LogP contribution >= 0.6 is 11.3 Å². The Kier molecular flexibility index (Phi) is 4.44. The summed E-state index contributed by atoms with van der Waals surface area (Å²) >= 11 is 1.60. The molecule has 3 aromatic rings. The second kappa shape index (κ2) is 6.66. The van der Waals surface area contributed by atoms with Gasteiger partial charge in [0.1, 0.15) is 0 Å². The van der Waals surface area contributed by atoms with Gasteiger partial charge in [-0.15, -0.1) is 11.3 Å². The SMILES string of the molecule is CC(C)CNc1nccc(-c2scnc2-c2ccccc2)n1. The van der Waals surface area contributed by atoms with E-state index in [4.69, 9.17) is 0 Å². The van der Waals surface area contributed by atoms with Gasteiger partial charge in [-0.1, -0.05) is 44.2 Å². The first-order valence-electron chi connectivity index (χ1n) is 7.30. The van der Waals surface area contributed by atoms with Crippen LogP contribution in [0.1, 0.15) is 13.8 Å². The van der Waals surface area contributed by atoms with Gasteiger partial charge >= 0.3 is 0 Å². The van der Waals surface area contributed by atoms with Crippen molar-refractivity contribution in [2.75, 3.05) is 11.9 Å². The molecule has 2 heterocycles. The van der Waals surface area contributed by atoms with Crippen LogP contribution in [0.15, 0.2) is 48.1 Å². The van der Waals surface area contributed by atoms with Gasteiger partial charge in [0.15, 0.2) is 0 Å². The van der Waals surface area contributed by atoms with Gasteiger partial charge in [-0.2, -0.15) is 0 Å². The van der Waals surface area contributed by atoms with Crippen molar-refractivity contribution >= 4 is 17.3 Å². The first kappa shape index (κ1) is 14.7. The molecule has 0 unspecified atom stereocenters. The molecule has 0 saturated carbocycles. The van der Waals surface area contributed by atoms with Crippen molar-refractivity contribution in [3.05, 3.63) is 48.1 Å². The number of benzene rings is 1. The fraction of sp³-hybridized carbons (Fsp3) is 0.235. The molecule has 22 heavy (non-hydrogen) atoms. The van der Waals surface area contributed by atoms with Gasteiger partial charge in [0.2, 0.25) is 5.95 Å². The summed E-state index contributed by atoms with van der Waals surface area (Å²) in [4.78, 5) is 14.5. The zero-order chi connectivity index (χ0) is 15.4. The molecule has 0 aliphatic heterocycles. The van der Waals surface area contributed by atoms with Crippen molar-refractivity contribution < 1.29 is 0 Å². The van der Waals surface area contributed by atoms with Crippen molar-refractivity contribution in [3.8, 4) is 21.8 Å². The standard InChI is InChI=1S/C17H18N4S/c1-12(2)10-19-17-18-9-8-14(21-17)16-15(20-11-22-16)13-6-4-3-5-7-13/h3-9,11-12H,10H2,1-2H3,(H,18,19,21). The summed E-state index contributed by atoms with van der Waals surface area (Å²) in [5.74, 6) is 1.22. The molecule has 0 bridgehead atoms. The molecule has 0 atom stereocenters. The highest BCUT2D eigenvalue weighted by molar-refractivity contribution is 7.13. The quantitative estimate of drug-likeness (QED) is 0.762. The van der Waals surface area contributed by atoms with Crippen molar-refractivity contribution in [2.45, 2.75) is 13.8 Å². The Balaban J connectivity index is 1.92. The van der Waals surface area contributed by atoms with Crippen LogP contribution < -0.4 is 5.32 Å². The van der Waals surface area contributed by atoms with Crippen LogP contribution in [0.2, 0.25) is 0 Å². The summed E-state index contributed by atoms with van der Waals surface area (Å²) < 4.78 is 0. The zero-order valence-corrected chi connectivity index (χ0v) is 13.5. The van der Waals surface area contributed by atoms with E-state index >= 15 is 0 Å². The van der Waals surface area contributed by atoms with Crippen molar-refractivity contribution in [1.29, 1.82) is 0 Å². The lowest BCUT2D eigenvalue weighted by atomic mass is 10.1. The highest BCUT2D eigenvalue weighted by atomic mass is 32.1. The van der Waals surface area contributed by atoms with Gasteiger partial charge in [-0.3, -0.25) is 0 Å². The van der Waals surface area contributed by atoms with Gasteiger partial charge < -0.3 is 5.32 Å². The third kappa shape index (κ3) is 3.31. The molecule has 1 N–H and O–H groups in total. The minimum atomic E-state index is 0.551. The second-order valence-corrected chi connectivity index (χ2v) is 6.29. The Morgan fingerprint density at radius 1 is 1.09 bits per heavy atom. The lowest BCUT2D eigenvalue weighted by molar-refractivity contribution is 0.684. The summed E-state index contributed by atoms with van der Waals surface area (Å²) in [5.41, 5.74) is 4.84. The number of anilines is 1. The predicted molar refractivity (Wildman–Crippen MR) is 91.9 cm³/mol. The molecular weight excluding hydrogens is 292 g/mol. The predicted octanol–water partition coefficient (Wildman–Crippen LogP) is 4.34. The highest BCUT2D eigenvalue weighted by Crippen LogP contribution is 2.33. The van der Waals surface area contributed by atoms with E-state index in [-0.39, 0.29) is 0 Å². The molecule has 0 fully saturated rings. The van der Waals surface area contributed by atoms with Gasteiger partial charge in [0.25, 0.3) is 0 Å². The molecule has 0 aliphatic carbocycles. The highest BCUT2D eigenvalue weighted by Gasteiger charge is 2.12. The van der Waals surface area contributed by atoms with E-state index in [9.17, 15) is 0 Å². The molecule has 2 aromatic heterocycles. The van der Waals surface area contributed by atoms with Crippen LogP contribution in [0.25, 0.3) is 21.8 Å². The van der Waals surface area contributed by atoms with E-state index < -0.39 is 0 Å². The molecule has 0 amide bonds. The van der Waals surface area contributed by atoms with E-state index in [2.05, 4.69) is 46.2 Å². The van der Waals surface area contributed by atoms with E-state index in [1.165, 1.54) is 0 Å². The van der Waals surface area contributed by atoms with Gasteiger partial charge in [0, 0.05) is 18.3 Å². The Bertz CT molecular complexity index is 737. The van der Waals surface area contributed by atoms with Gasteiger partial charge in [-0.25, -0.2) is 15.0 Å². The average molecular weight is 310 g/mol. The Hall–Kier alpha value is -2.27. The third-order valence-corrected chi connectivity index (χ3v) is 4.02. The smallest absolute Gasteiger partial charge is 0.223 e. The molecule has 5 heteroatoms. The van der Waals surface area contributed by atoms with E-state index in [1.807, 2.05) is 29.8 Å². The number of thiazole rings is 1. The summed E-state index contributed by atoms with van der Waals surface area (Å²) in [6, 6.07) is 12.1. The number of nitrogens with zero attached hydrogens (tertiary/aromatic N) is 3. The molecular formula is C17H18N4S. The molecule has 0 saturated heterocycles. The fourth-order valence-electron chi connectivity index (χ4n) is 2.10. The number of nitrogens with one attached hydrogen (secondary N) is 1. The Morgan fingerprint density at radius 3 is 2.68 bits per heavy atom. The largest absolute Gasteiger partial charge is 0.354 e. The number of aromatic nitrogens is 3. The van der Waals surface area contributed by atoms with Crippen LogP contribution in [-0.4, -0.2) is 21.5 Å². The fourth-order valence-corrected chi connectivity index (χ4v) is 2.88. The molecule has 0 aliphatic rings. The summed E-state index contributed by atoms with van der Waals surface area (Å²) in [6.45, 7) is 5.18. The third-order valence-electron chi connectivity index (χ3n) is 3.17. The van der Waals surface area contributed by atoms with Crippen LogP contribution in [0, 0.1) is 5.92 Å². The molecule has 112 valence electrons. The number of rotatable bonds is 5. The van der Waals surface area contributed by atoms with E-state index in [1.54, 1.807) is 17.5 Å². The first-order valence-corrected chi connectivity index (χ1v) is 8.18. The summed E-state index contributed by atoms with van der Waals surface area (Å²) in [6.07, 6.45) is 1.79. The van der Waals surface area contributed by atoms with Gasteiger partial charge in [-0.05, 0) is 12.0 Å². The topological polar surface area (TPSA) is 50.7 Å². The molecule has 0 radical (unpaired) electrons. The maximum Gasteiger partial charge on any atom is 0.223 e. The lowest BCUT2D eigenvalue weighted by Gasteiger charge is -2.08. The lowest BCUT2D eigenvalue weighted by Crippen LogP contribution is -2.10. The minimum Gasteiger partial charge on any atom is -0.354 e. The zero-order valence-electron chi connectivity index (χ0n) is 12.7. The van der Waals surface area contributed by atoms with Gasteiger partial charge in [0.05, 0.1) is 21.8 Å². The molecule has 0 spiro atoms. The van der Waals surface area contributed by atoms with E-state index in [0.29, 0.717) is 11.9 Å². The number of hydrogen-bond acceptors (Lipinski definition) is 5. The number of hydrogen-bond donors (Lipinski definition) is 1. The Labute approximate surface area is 134 Å². The minimum absolute atomic E-state index is 0.551. The molecule has 4 nitrogen and oxygen atoms in total. The Morgan fingerprint density at radius 2 is 1.91 bits per heavy atom. The van der Waals surface area contributed by atoms with Crippen LogP contribution in [0.5, 0.6) is 0 Å². The average Bonchev–Trinajstić information content (AvgIpc) is 3.04. The maximum absolute atomic E-state index is 4.62. The molecule has 3 rings (SSSR count).